The van der Waals surface area contributed by atoms with Crippen LogP contribution in [0.5, 0.6) is 0 Å². The van der Waals surface area contributed by atoms with E-state index in [2.05, 4.69) is 21.1 Å². The van der Waals surface area contributed by atoms with Gasteiger partial charge in [-0.1, -0.05) is 0 Å². The summed E-state index contributed by atoms with van der Waals surface area (Å²) in [7, 11) is 0. The number of rotatable bonds is 3. The van der Waals surface area contributed by atoms with Crippen LogP contribution in [0.15, 0.2) is 43.0 Å². The fraction of sp³-hybridized carbons (Fsp3) is 0.167. The summed E-state index contributed by atoms with van der Waals surface area (Å²) in [6.45, 7) is 0.937. The zero-order chi connectivity index (χ0) is 19.0. The van der Waals surface area contributed by atoms with E-state index in [1.165, 1.54) is 6.20 Å². The second kappa shape index (κ2) is 6.42. The number of hydrogen-bond donors (Lipinski definition) is 2. The van der Waals surface area contributed by atoms with Crippen molar-refractivity contribution < 1.29 is 4.79 Å². The minimum Gasteiger partial charge on any atom is -0.395 e. The molecule has 0 aliphatic carbocycles. The van der Waals surface area contributed by atoms with Crippen molar-refractivity contribution in [2.75, 3.05) is 24.6 Å². The molecule has 27 heavy (non-hydrogen) atoms. The van der Waals surface area contributed by atoms with Crippen molar-refractivity contribution >= 4 is 17.4 Å². The molecular formula is C18H16N8O. The third kappa shape index (κ3) is 2.93. The van der Waals surface area contributed by atoms with Gasteiger partial charge >= 0.3 is 0 Å². The highest BCUT2D eigenvalue weighted by atomic mass is 16.2. The first-order valence-corrected chi connectivity index (χ1v) is 8.27. The van der Waals surface area contributed by atoms with Crippen molar-refractivity contribution in [2.45, 2.75) is 0 Å². The van der Waals surface area contributed by atoms with E-state index in [-0.39, 0.29) is 17.6 Å². The molecule has 0 unspecified atom stereocenters. The van der Waals surface area contributed by atoms with Crippen LogP contribution in [0.4, 0.5) is 11.5 Å². The molecule has 1 amide bonds. The van der Waals surface area contributed by atoms with E-state index in [4.69, 9.17) is 16.7 Å². The maximum atomic E-state index is 12.3. The van der Waals surface area contributed by atoms with Gasteiger partial charge in [0.25, 0.3) is 5.91 Å². The molecule has 9 heteroatoms. The first-order chi connectivity index (χ1) is 13.1. The number of anilines is 2. The third-order valence-corrected chi connectivity index (χ3v) is 4.50. The van der Waals surface area contributed by atoms with Gasteiger partial charge in [0, 0.05) is 42.8 Å². The highest BCUT2D eigenvalue weighted by molar-refractivity contribution is 5.94. The summed E-state index contributed by atoms with van der Waals surface area (Å²) in [5, 5.41) is 13.1. The number of aromatic nitrogens is 4. The topological polar surface area (TPSA) is 140 Å². The van der Waals surface area contributed by atoms with Gasteiger partial charge in [-0.2, -0.15) is 10.4 Å². The Kier molecular flexibility index (Phi) is 3.93. The largest absolute Gasteiger partial charge is 0.395 e. The van der Waals surface area contributed by atoms with Crippen molar-refractivity contribution in [1.82, 2.24) is 24.6 Å². The lowest BCUT2D eigenvalue weighted by molar-refractivity contribution is 0.0577. The van der Waals surface area contributed by atoms with Crippen molar-refractivity contribution in [3.8, 4) is 23.0 Å². The molecule has 0 atom stereocenters. The van der Waals surface area contributed by atoms with E-state index in [0.717, 1.165) is 11.1 Å². The molecule has 0 bridgehead atoms. The Bertz CT molecular complexity index is 1040. The van der Waals surface area contributed by atoms with E-state index >= 15 is 0 Å². The van der Waals surface area contributed by atoms with Crippen LogP contribution in [0.1, 0.15) is 10.4 Å². The SMILES string of the molecule is N#CC1CN(C(=O)c2ccc(-n3cc(-c4ccnc(N)c4N)cn3)nc2)C1. The molecule has 0 radical (unpaired) electrons. The molecule has 9 nitrogen and oxygen atoms in total. The smallest absolute Gasteiger partial charge is 0.255 e. The average molecular weight is 360 g/mol. The van der Waals surface area contributed by atoms with Gasteiger partial charge in [-0.05, 0) is 18.2 Å². The molecular weight excluding hydrogens is 344 g/mol. The molecule has 1 saturated heterocycles. The fourth-order valence-corrected chi connectivity index (χ4v) is 2.89. The maximum Gasteiger partial charge on any atom is 0.255 e. The minimum atomic E-state index is -0.123. The van der Waals surface area contributed by atoms with Crippen LogP contribution < -0.4 is 11.5 Å². The van der Waals surface area contributed by atoms with Crippen LogP contribution in [-0.4, -0.2) is 43.6 Å². The number of hydrogen-bond acceptors (Lipinski definition) is 7. The molecule has 4 N–H and O–H groups in total. The fourth-order valence-electron chi connectivity index (χ4n) is 2.89. The van der Waals surface area contributed by atoms with Gasteiger partial charge in [0.1, 0.15) is 5.82 Å². The van der Waals surface area contributed by atoms with Crippen molar-refractivity contribution in [3.63, 3.8) is 0 Å². The highest BCUT2D eigenvalue weighted by Crippen LogP contribution is 2.28. The monoisotopic (exact) mass is 360 g/mol. The standard InChI is InChI=1S/C18H16N8O/c19-5-11-8-25(9-11)18(27)12-1-2-15(23-6-12)26-10-13(7-24-26)14-3-4-22-17(21)16(14)20/h1-4,6-7,10-11H,8-9,20H2,(H2,21,22). The molecule has 0 saturated carbocycles. The number of nitrogens with zero attached hydrogens (tertiary/aromatic N) is 6. The van der Waals surface area contributed by atoms with Gasteiger partial charge in [0.05, 0.1) is 29.4 Å². The van der Waals surface area contributed by atoms with Gasteiger partial charge in [0.2, 0.25) is 0 Å². The number of carbonyl (C=O) groups is 1. The average Bonchev–Trinajstić information content (AvgIpc) is 3.13. The molecule has 0 aromatic carbocycles. The van der Waals surface area contributed by atoms with E-state index < -0.39 is 0 Å². The highest BCUT2D eigenvalue weighted by Gasteiger charge is 2.31. The summed E-state index contributed by atoms with van der Waals surface area (Å²) in [6.07, 6.45) is 6.54. The summed E-state index contributed by atoms with van der Waals surface area (Å²) in [5.41, 5.74) is 14.1. The molecule has 3 aromatic heterocycles. The number of nitrogen functional groups attached to an aromatic ring is 2. The lowest BCUT2D eigenvalue weighted by Crippen LogP contribution is -2.49. The second-order valence-corrected chi connectivity index (χ2v) is 6.27. The Labute approximate surface area is 154 Å². The van der Waals surface area contributed by atoms with Crippen molar-refractivity contribution in [3.05, 3.63) is 48.5 Å². The molecule has 3 aromatic rings. The summed E-state index contributed by atoms with van der Waals surface area (Å²) in [6, 6.07) is 7.33. The molecule has 1 aliphatic heterocycles. The lowest BCUT2D eigenvalue weighted by Gasteiger charge is -2.35. The summed E-state index contributed by atoms with van der Waals surface area (Å²) in [5.74, 6) is 0.642. The normalized spacial score (nSPS) is 13.8. The predicted molar refractivity (Wildman–Crippen MR) is 98.4 cm³/mol. The molecule has 4 rings (SSSR count). The van der Waals surface area contributed by atoms with Crippen LogP contribution in [0, 0.1) is 17.2 Å². The van der Waals surface area contributed by atoms with Gasteiger partial charge in [-0.3, -0.25) is 4.79 Å². The molecule has 1 aliphatic rings. The maximum absolute atomic E-state index is 12.3. The minimum absolute atomic E-state index is 0.0710. The Hall–Kier alpha value is -3.93. The van der Waals surface area contributed by atoms with Crippen LogP contribution in [0.2, 0.25) is 0 Å². The number of amides is 1. The summed E-state index contributed by atoms with van der Waals surface area (Å²) < 4.78 is 1.59. The van der Waals surface area contributed by atoms with Gasteiger partial charge in [0.15, 0.2) is 5.82 Å². The van der Waals surface area contributed by atoms with Crippen LogP contribution in [0.25, 0.3) is 16.9 Å². The predicted octanol–water partition coefficient (Wildman–Crippen LogP) is 1.09. The van der Waals surface area contributed by atoms with Gasteiger partial charge < -0.3 is 16.4 Å². The zero-order valence-corrected chi connectivity index (χ0v) is 14.3. The summed E-state index contributed by atoms with van der Waals surface area (Å²) >= 11 is 0. The van der Waals surface area contributed by atoms with Crippen LogP contribution >= 0.6 is 0 Å². The van der Waals surface area contributed by atoms with Crippen LogP contribution in [-0.2, 0) is 0 Å². The lowest BCUT2D eigenvalue weighted by atomic mass is 10.0. The summed E-state index contributed by atoms with van der Waals surface area (Å²) in [4.78, 5) is 22.2. The van der Waals surface area contributed by atoms with Crippen molar-refractivity contribution in [2.24, 2.45) is 5.92 Å². The Morgan fingerprint density at radius 1 is 1.19 bits per heavy atom. The van der Waals surface area contributed by atoms with E-state index in [0.29, 0.717) is 30.2 Å². The first-order valence-electron chi connectivity index (χ1n) is 8.27. The number of nitriles is 1. The Morgan fingerprint density at radius 3 is 2.70 bits per heavy atom. The van der Waals surface area contributed by atoms with E-state index in [1.54, 1.807) is 46.4 Å². The first kappa shape index (κ1) is 16.5. The van der Waals surface area contributed by atoms with Crippen molar-refractivity contribution in [1.29, 1.82) is 5.26 Å². The molecule has 1 fully saturated rings. The Balaban J connectivity index is 1.53. The molecule has 4 heterocycles. The molecule has 134 valence electrons. The number of carbonyl (C=O) groups excluding carboxylic acids is 1. The number of nitrogens with two attached hydrogens (primary N) is 2. The molecule has 0 spiro atoms. The third-order valence-electron chi connectivity index (χ3n) is 4.50. The number of pyridine rings is 2. The van der Waals surface area contributed by atoms with E-state index in [1.807, 2.05) is 0 Å². The zero-order valence-electron chi connectivity index (χ0n) is 14.3. The Morgan fingerprint density at radius 2 is 2.00 bits per heavy atom. The van der Waals surface area contributed by atoms with Gasteiger partial charge in [-0.25, -0.2) is 14.6 Å². The quantitative estimate of drug-likeness (QED) is 0.712. The van der Waals surface area contributed by atoms with Gasteiger partial charge in [-0.15, -0.1) is 0 Å². The number of likely N-dealkylation sites (tertiary alicyclic amines) is 1. The van der Waals surface area contributed by atoms with Crippen LogP contribution in [0.3, 0.4) is 0 Å². The second-order valence-electron chi connectivity index (χ2n) is 6.27. The van der Waals surface area contributed by atoms with E-state index in [9.17, 15) is 4.79 Å².